The molecule has 20 heavy (non-hydrogen) atoms. The zero-order valence-corrected chi connectivity index (χ0v) is 11.7. The number of hydrogen-bond acceptors (Lipinski definition) is 2. The third kappa shape index (κ3) is 2.69. The smallest absolute Gasteiger partial charge is 0.137 e. The first-order chi connectivity index (χ1) is 9.86. The summed E-state index contributed by atoms with van der Waals surface area (Å²) in [6.07, 6.45) is 8.17. The van der Waals surface area contributed by atoms with E-state index in [1.807, 2.05) is 6.07 Å². The topological polar surface area (TPSA) is 33.1 Å². The van der Waals surface area contributed by atoms with E-state index in [1.165, 1.54) is 37.7 Å². The van der Waals surface area contributed by atoms with Crippen molar-refractivity contribution in [2.45, 2.75) is 38.0 Å². The van der Waals surface area contributed by atoms with E-state index in [0.29, 0.717) is 11.7 Å². The van der Waals surface area contributed by atoms with Crippen LogP contribution in [0.15, 0.2) is 48.7 Å². The second kappa shape index (κ2) is 6.08. The van der Waals surface area contributed by atoms with Crippen LogP contribution in [0.4, 0.5) is 0 Å². The molecule has 3 rings (SSSR count). The predicted octanol–water partition coefficient (Wildman–Crippen LogP) is 4.50. The minimum absolute atomic E-state index is 0.220. The first kappa shape index (κ1) is 13.2. The van der Waals surface area contributed by atoms with Crippen molar-refractivity contribution in [1.82, 2.24) is 4.98 Å². The van der Waals surface area contributed by atoms with Gasteiger partial charge in [-0.05, 0) is 36.5 Å². The summed E-state index contributed by atoms with van der Waals surface area (Å²) in [7, 11) is 0. The average molecular weight is 267 g/mol. The summed E-state index contributed by atoms with van der Waals surface area (Å²) in [6, 6.07) is 14.1. The lowest BCUT2D eigenvalue weighted by Gasteiger charge is -2.30. The fraction of sp³-hybridized carbons (Fsp3) is 0.389. The highest BCUT2D eigenvalue weighted by Crippen LogP contribution is 2.42. The zero-order chi connectivity index (χ0) is 13.8. The summed E-state index contributed by atoms with van der Waals surface area (Å²) >= 11 is 0. The summed E-state index contributed by atoms with van der Waals surface area (Å²) in [5, 5.41) is 10.2. The number of aromatic hydroxyl groups is 1. The fourth-order valence-electron chi connectivity index (χ4n) is 3.43. The number of pyridine rings is 1. The standard InChI is InChI=1S/C18H21NO/c20-16-12-7-13-19-18(16)17(14-8-3-1-4-9-14)15-10-5-2-6-11-15/h1,3-4,7-9,12-13,15,17,20H,2,5-6,10-11H2/t17-/m0/s1. The molecular weight excluding hydrogens is 246 g/mol. The Bertz CT molecular complexity index is 546. The zero-order valence-electron chi connectivity index (χ0n) is 11.7. The minimum atomic E-state index is 0.220. The Balaban J connectivity index is 2.01. The van der Waals surface area contributed by atoms with Crippen LogP contribution < -0.4 is 0 Å². The molecule has 1 aromatic carbocycles. The monoisotopic (exact) mass is 267 g/mol. The van der Waals surface area contributed by atoms with Gasteiger partial charge in [-0.2, -0.15) is 0 Å². The Hall–Kier alpha value is -1.83. The van der Waals surface area contributed by atoms with Crippen LogP contribution in [-0.4, -0.2) is 10.1 Å². The Morgan fingerprint density at radius 1 is 0.950 bits per heavy atom. The number of aromatic nitrogens is 1. The van der Waals surface area contributed by atoms with E-state index in [1.54, 1.807) is 18.3 Å². The Morgan fingerprint density at radius 2 is 1.70 bits per heavy atom. The highest BCUT2D eigenvalue weighted by molar-refractivity contribution is 5.37. The van der Waals surface area contributed by atoms with Crippen LogP contribution in [0.3, 0.4) is 0 Å². The molecule has 0 radical (unpaired) electrons. The molecule has 1 N–H and O–H groups in total. The van der Waals surface area contributed by atoms with Gasteiger partial charge in [0.15, 0.2) is 0 Å². The van der Waals surface area contributed by atoms with Crippen molar-refractivity contribution < 1.29 is 5.11 Å². The first-order valence-corrected chi connectivity index (χ1v) is 7.55. The van der Waals surface area contributed by atoms with Crippen LogP contribution in [0.5, 0.6) is 5.75 Å². The Labute approximate surface area is 120 Å². The molecule has 0 amide bonds. The predicted molar refractivity (Wildman–Crippen MR) is 80.8 cm³/mol. The second-order valence-electron chi connectivity index (χ2n) is 5.69. The van der Waals surface area contributed by atoms with Gasteiger partial charge in [0, 0.05) is 12.1 Å². The molecule has 1 saturated carbocycles. The molecule has 104 valence electrons. The molecule has 0 aliphatic heterocycles. The van der Waals surface area contributed by atoms with Crippen molar-refractivity contribution in [3.8, 4) is 5.75 Å². The molecular formula is C18H21NO. The maximum absolute atomic E-state index is 10.2. The van der Waals surface area contributed by atoms with E-state index in [2.05, 4.69) is 29.2 Å². The molecule has 2 nitrogen and oxygen atoms in total. The van der Waals surface area contributed by atoms with Gasteiger partial charge in [-0.1, -0.05) is 49.6 Å². The molecule has 0 unspecified atom stereocenters. The third-order valence-corrected chi connectivity index (χ3v) is 4.39. The molecule has 1 heterocycles. The molecule has 1 atom stereocenters. The van der Waals surface area contributed by atoms with Crippen molar-refractivity contribution in [2.24, 2.45) is 5.92 Å². The quantitative estimate of drug-likeness (QED) is 0.888. The summed E-state index contributed by atoms with van der Waals surface area (Å²) in [5.74, 6) is 1.14. The van der Waals surface area contributed by atoms with Gasteiger partial charge in [0.2, 0.25) is 0 Å². The molecule has 1 fully saturated rings. The molecule has 2 aromatic rings. The first-order valence-electron chi connectivity index (χ1n) is 7.55. The van der Waals surface area contributed by atoms with Crippen molar-refractivity contribution in [1.29, 1.82) is 0 Å². The maximum atomic E-state index is 10.2. The molecule has 1 aliphatic rings. The van der Waals surface area contributed by atoms with Gasteiger partial charge in [0.25, 0.3) is 0 Å². The number of benzene rings is 1. The fourth-order valence-corrected chi connectivity index (χ4v) is 3.43. The van der Waals surface area contributed by atoms with Gasteiger partial charge in [-0.3, -0.25) is 4.98 Å². The molecule has 2 heteroatoms. The number of nitrogens with zero attached hydrogens (tertiary/aromatic N) is 1. The molecule has 1 aromatic heterocycles. The van der Waals surface area contributed by atoms with Crippen molar-refractivity contribution in [3.05, 3.63) is 59.9 Å². The van der Waals surface area contributed by atoms with E-state index in [9.17, 15) is 5.11 Å². The molecule has 0 saturated heterocycles. The van der Waals surface area contributed by atoms with Crippen LogP contribution in [-0.2, 0) is 0 Å². The van der Waals surface area contributed by atoms with E-state index in [4.69, 9.17) is 0 Å². The second-order valence-corrected chi connectivity index (χ2v) is 5.69. The summed E-state index contributed by atoms with van der Waals surface area (Å²) < 4.78 is 0. The highest BCUT2D eigenvalue weighted by atomic mass is 16.3. The Morgan fingerprint density at radius 3 is 2.40 bits per heavy atom. The van der Waals surface area contributed by atoms with E-state index in [-0.39, 0.29) is 5.92 Å². The average Bonchev–Trinajstić information content (AvgIpc) is 2.52. The maximum Gasteiger partial charge on any atom is 0.137 e. The largest absolute Gasteiger partial charge is 0.506 e. The van der Waals surface area contributed by atoms with Crippen LogP contribution in [0.25, 0.3) is 0 Å². The number of hydrogen-bond donors (Lipinski definition) is 1. The van der Waals surface area contributed by atoms with Crippen molar-refractivity contribution in [3.63, 3.8) is 0 Å². The van der Waals surface area contributed by atoms with Gasteiger partial charge >= 0.3 is 0 Å². The summed E-state index contributed by atoms with van der Waals surface area (Å²) in [6.45, 7) is 0. The van der Waals surface area contributed by atoms with E-state index in [0.717, 1.165) is 5.69 Å². The normalized spacial score (nSPS) is 17.8. The molecule has 0 bridgehead atoms. The summed E-state index contributed by atoms with van der Waals surface area (Å²) in [5.41, 5.74) is 2.11. The van der Waals surface area contributed by atoms with Gasteiger partial charge < -0.3 is 5.11 Å². The van der Waals surface area contributed by atoms with Crippen molar-refractivity contribution >= 4 is 0 Å². The van der Waals surface area contributed by atoms with Gasteiger partial charge in [0.1, 0.15) is 5.75 Å². The lowest BCUT2D eigenvalue weighted by Crippen LogP contribution is -2.18. The van der Waals surface area contributed by atoms with E-state index < -0.39 is 0 Å². The van der Waals surface area contributed by atoms with E-state index >= 15 is 0 Å². The highest BCUT2D eigenvalue weighted by Gasteiger charge is 2.29. The lowest BCUT2D eigenvalue weighted by molar-refractivity contribution is 0.318. The van der Waals surface area contributed by atoms with Crippen LogP contribution in [0.2, 0.25) is 0 Å². The van der Waals surface area contributed by atoms with Crippen molar-refractivity contribution in [2.75, 3.05) is 0 Å². The van der Waals surface area contributed by atoms with Gasteiger partial charge in [-0.25, -0.2) is 0 Å². The Kier molecular flexibility index (Phi) is 4.00. The minimum Gasteiger partial charge on any atom is -0.506 e. The van der Waals surface area contributed by atoms with Gasteiger partial charge in [-0.15, -0.1) is 0 Å². The number of rotatable bonds is 3. The van der Waals surface area contributed by atoms with Gasteiger partial charge in [0.05, 0.1) is 5.69 Å². The lowest BCUT2D eigenvalue weighted by atomic mass is 9.75. The molecule has 0 spiro atoms. The summed E-state index contributed by atoms with van der Waals surface area (Å²) in [4.78, 5) is 4.48. The molecule has 1 aliphatic carbocycles. The van der Waals surface area contributed by atoms with Crippen LogP contribution in [0, 0.1) is 5.92 Å². The van der Waals surface area contributed by atoms with Crippen LogP contribution >= 0.6 is 0 Å². The van der Waals surface area contributed by atoms with Crippen LogP contribution in [0.1, 0.15) is 49.3 Å². The SMILES string of the molecule is Oc1cccnc1[C@@H](c1ccccc1)C1CCCCC1. The third-order valence-electron chi connectivity index (χ3n) is 4.39.